The molecule has 4 rings (SSSR count). The monoisotopic (exact) mass is 348 g/mol. The maximum Gasteiger partial charge on any atom is 0.251 e. The van der Waals surface area contributed by atoms with Crippen molar-refractivity contribution < 1.29 is 9.59 Å². The predicted molar refractivity (Wildman–Crippen MR) is 97.5 cm³/mol. The van der Waals surface area contributed by atoms with E-state index in [9.17, 15) is 9.59 Å². The number of hydrogen-bond acceptors (Lipinski definition) is 3. The fraction of sp³-hybridized carbons (Fsp3) is 0.250. The number of benzene rings is 1. The molecule has 0 bridgehead atoms. The van der Waals surface area contributed by atoms with Gasteiger partial charge in [-0.05, 0) is 37.0 Å². The molecular weight excluding hydrogens is 328 g/mol. The first kappa shape index (κ1) is 16.3. The molecule has 0 unspecified atom stereocenters. The Bertz CT molecular complexity index is 953. The van der Waals surface area contributed by atoms with Gasteiger partial charge in [0.15, 0.2) is 5.78 Å². The Balaban J connectivity index is 1.62. The fourth-order valence-corrected chi connectivity index (χ4v) is 3.56. The highest BCUT2D eigenvalue weighted by Gasteiger charge is 2.27. The first-order valence-corrected chi connectivity index (χ1v) is 8.76. The number of fused-ring (bicyclic) bond motifs is 1. The first-order chi connectivity index (χ1) is 12.6. The largest absolute Gasteiger partial charge is 0.366 e. The summed E-state index contributed by atoms with van der Waals surface area (Å²) in [5.41, 5.74) is 9.37. The lowest BCUT2D eigenvalue weighted by atomic mass is 9.93. The third-order valence-electron chi connectivity index (χ3n) is 4.90. The number of primary amides is 1. The quantitative estimate of drug-likeness (QED) is 0.769. The van der Waals surface area contributed by atoms with Gasteiger partial charge in [0.25, 0.3) is 5.91 Å². The number of carbonyl (C=O) groups excluding carboxylic acids is 2. The van der Waals surface area contributed by atoms with Crippen molar-refractivity contribution in [3.05, 3.63) is 71.6 Å². The number of aromatic nitrogens is 3. The van der Waals surface area contributed by atoms with Crippen LogP contribution in [-0.2, 0) is 19.4 Å². The van der Waals surface area contributed by atoms with Crippen molar-refractivity contribution >= 4 is 11.7 Å². The second kappa shape index (κ2) is 6.63. The van der Waals surface area contributed by atoms with E-state index in [0.29, 0.717) is 17.5 Å². The topological polar surface area (TPSA) is 82.9 Å². The molecule has 0 atom stereocenters. The zero-order valence-electron chi connectivity index (χ0n) is 14.4. The van der Waals surface area contributed by atoms with Gasteiger partial charge in [-0.3, -0.25) is 9.59 Å². The normalized spacial score (nSPS) is 13.6. The SMILES string of the molecule is NC(=O)c1cn(-c2ccc(CCn3ccnc3)cc2)c2c1C(=O)CCC2. The van der Waals surface area contributed by atoms with Crippen LogP contribution in [0.2, 0.25) is 0 Å². The second-order valence-electron chi connectivity index (χ2n) is 6.59. The summed E-state index contributed by atoms with van der Waals surface area (Å²) < 4.78 is 3.98. The van der Waals surface area contributed by atoms with E-state index in [1.165, 1.54) is 5.56 Å². The molecule has 0 spiro atoms. The summed E-state index contributed by atoms with van der Waals surface area (Å²) in [5.74, 6) is -0.539. The molecule has 26 heavy (non-hydrogen) atoms. The van der Waals surface area contributed by atoms with Crippen molar-refractivity contribution in [2.75, 3.05) is 0 Å². The number of hydrogen-bond donors (Lipinski definition) is 1. The number of ketones is 1. The van der Waals surface area contributed by atoms with Crippen molar-refractivity contribution in [2.24, 2.45) is 5.73 Å². The number of Topliss-reactive ketones (excluding diaryl/α,β-unsaturated/α-hetero) is 1. The van der Waals surface area contributed by atoms with E-state index in [2.05, 4.69) is 17.1 Å². The molecule has 2 N–H and O–H groups in total. The number of rotatable bonds is 5. The number of aryl methyl sites for hydroxylation is 2. The maximum absolute atomic E-state index is 12.3. The molecule has 0 radical (unpaired) electrons. The van der Waals surface area contributed by atoms with E-state index in [0.717, 1.165) is 37.2 Å². The van der Waals surface area contributed by atoms with Gasteiger partial charge in [-0.25, -0.2) is 4.98 Å². The molecular formula is C20H20N4O2. The minimum Gasteiger partial charge on any atom is -0.366 e. The Morgan fingerprint density at radius 1 is 1.19 bits per heavy atom. The highest BCUT2D eigenvalue weighted by molar-refractivity contribution is 6.09. The lowest BCUT2D eigenvalue weighted by Gasteiger charge is -2.15. The highest BCUT2D eigenvalue weighted by atomic mass is 16.1. The summed E-state index contributed by atoms with van der Waals surface area (Å²) in [7, 11) is 0. The van der Waals surface area contributed by atoms with Gasteiger partial charge in [-0.15, -0.1) is 0 Å². The first-order valence-electron chi connectivity index (χ1n) is 8.76. The summed E-state index contributed by atoms with van der Waals surface area (Å²) >= 11 is 0. The Labute approximate surface area is 151 Å². The Morgan fingerprint density at radius 2 is 2.00 bits per heavy atom. The standard InChI is InChI=1S/C20H20N4O2/c21-20(26)16-12-24(17-2-1-3-18(25)19(16)17)15-6-4-14(5-7-15)8-10-23-11-9-22-13-23/h4-7,9,11-13H,1-3,8,10H2,(H2,21,26). The molecule has 0 saturated carbocycles. The highest BCUT2D eigenvalue weighted by Crippen LogP contribution is 2.29. The van der Waals surface area contributed by atoms with Gasteiger partial charge in [-0.2, -0.15) is 0 Å². The minimum absolute atomic E-state index is 0.00996. The van der Waals surface area contributed by atoms with E-state index < -0.39 is 5.91 Å². The molecule has 132 valence electrons. The number of carbonyl (C=O) groups is 2. The molecule has 6 heteroatoms. The van der Waals surface area contributed by atoms with Crippen LogP contribution in [0.15, 0.2) is 49.2 Å². The molecule has 1 aromatic carbocycles. The van der Waals surface area contributed by atoms with Gasteiger partial charge in [-0.1, -0.05) is 12.1 Å². The summed E-state index contributed by atoms with van der Waals surface area (Å²) in [5, 5.41) is 0. The van der Waals surface area contributed by atoms with Crippen molar-refractivity contribution in [3.8, 4) is 5.69 Å². The van der Waals surface area contributed by atoms with Gasteiger partial charge in [0.05, 0.1) is 17.5 Å². The van der Waals surface area contributed by atoms with Crippen LogP contribution in [0.25, 0.3) is 5.69 Å². The summed E-state index contributed by atoms with van der Waals surface area (Å²) in [6, 6.07) is 8.20. The molecule has 0 fully saturated rings. The molecule has 2 heterocycles. The van der Waals surface area contributed by atoms with E-state index >= 15 is 0 Å². The van der Waals surface area contributed by atoms with Crippen LogP contribution < -0.4 is 5.73 Å². The number of imidazole rings is 1. The van der Waals surface area contributed by atoms with Gasteiger partial charge in [0.2, 0.25) is 0 Å². The van der Waals surface area contributed by atoms with Crippen molar-refractivity contribution in [1.29, 1.82) is 0 Å². The van der Waals surface area contributed by atoms with Gasteiger partial charge < -0.3 is 14.9 Å². The smallest absolute Gasteiger partial charge is 0.251 e. The molecule has 0 aliphatic heterocycles. The van der Waals surface area contributed by atoms with Crippen LogP contribution in [-0.4, -0.2) is 25.8 Å². The third kappa shape index (κ3) is 2.94. The van der Waals surface area contributed by atoms with Gasteiger partial charge >= 0.3 is 0 Å². The van der Waals surface area contributed by atoms with Crippen LogP contribution >= 0.6 is 0 Å². The molecule has 1 aliphatic carbocycles. The van der Waals surface area contributed by atoms with Crippen LogP contribution in [0.4, 0.5) is 0 Å². The van der Waals surface area contributed by atoms with Crippen molar-refractivity contribution in [3.63, 3.8) is 0 Å². The van der Waals surface area contributed by atoms with Crippen LogP contribution in [0, 0.1) is 0 Å². The second-order valence-corrected chi connectivity index (χ2v) is 6.59. The average molecular weight is 348 g/mol. The van der Waals surface area contributed by atoms with E-state index in [1.807, 2.05) is 33.8 Å². The van der Waals surface area contributed by atoms with Gasteiger partial charge in [0.1, 0.15) is 0 Å². The lowest BCUT2D eigenvalue weighted by molar-refractivity contribution is 0.0950. The van der Waals surface area contributed by atoms with E-state index in [4.69, 9.17) is 5.73 Å². The Kier molecular flexibility index (Phi) is 4.16. The lowest BCUT2D eigenvalue weighted by Crippen LogP contribution is -2.18. The minimum atomic E-state index is -0.549. The van der Waals surface area contributed by atoms with Crippen molar-refractivity contribution in [1.82, 2.24) is 14.1 Å². The van der Waals surface area contributed by atoms with Crippen LogP contribution in [0.3, 0.4) is 0 Å². The molecule has 3 aromatic rings. The van der Waals surface area contributed by atoms with Crippen LogP contribution in [0.5, 0.6) is 0 Å². The van der Waals surface area contributed by atoms with E-state index in [-0.39, 0.29) is 5.78 Å². The molecule has 1 aliphatic rings. The Hall–Kier alpha value is -3.15. The predicted octanol–water partition coefficient (Wildman–Crippen LogP) is 2.53. The average Bonchev–Trinajstić information content (AvgIpc) is 3.29. The molecule has 6 nitrogen and oxygen atoms in total. The van der Waals surface area contributed by atoms with Crippen LogP contribution in [0.1, 0.15) is 44.8 Å². The zero-order chi connectivity index (χ0) is 18.1. The number of nitrogens with two attached hydrogens (primary N) is 1. The van der Waals surface area contributed by atoms with Crippen molar-refractivity contribution in [2.45, 2.75) is 32.2 Å². The van der Waals surface area contributed by atoms with E-state index in [1.54, 1.807) is 12.4 Å². The molecule has 2 aromatic heterocycles. The number of nitrogens with zero attached hydrogens (tertiary/aromatic N) is 3. The summed E-state index contributed by atoms with van der Waals surface area (Å²) in [4.78, 5) is 28.1. The summed E-state index contributed by atoms with van der Waals surface area (Å²) in [6.45, 7) is 0.874. The van der Waals surface area contributed by atoms with Gasteiger partial charge in [0, 0.05) is 42.9 Å². The molecule has 0 saturated heterocycles. The fourth-order valence-electron chi connectivity index (χ4n) is 3.56. The Morgan fingerprint density at radius 3 is 2.69 bits per heavy atom. The third-order valence-corrected chi connectivity index (χ3v) is 4.90. The molecule has 1 amide bonds. The zero-order valence-corrected chi connectivity index (χ0v) is 14.4. The maximum atomic E-state index is 12.3. The summed E-state index contributed by atoms with van der Waals surface area (Å²) in [6.07, 6.45) is 10.2. The number of amides is 1.